The number of rotatable bonds is 1. The van der Waals surface area contributed by atoms with Crippen molar-refractivity contribution in [2.75, 3.05) is 5.73 Å². The van der Waals surface area contributed by atoms with Crippen LogP contribution in [0.5, 0.6) is 0 Å². The van der Waals surface area contributed by atoms with E-state index in [1.165, 1.54) is 6.07 Å². The quantitative estimate of drug-likeness (QED) is 0.722. The van der Waals surface area contributed by atoms with Crippen molar-refractivity contribution in [2.45, 2.75) is 6.92 Å². The molecule has 0 aliphatic heterocycles. The molecule has 2 N–H and O–H groups in total. The molecule has 0 spiro atoms. The van der Waals surface area contributed by atoms with E-state index < -0.39 is 5.82 Å². The van der Waals surface area contributed by atoms with Gasteiger partial charge in [-0.1, -0.05) is 6.07 Å². The van der Waals surface area contributed by atoms with Gasteiger partial charge in [-0.15, -0.1) is 0 Å². The molecule has 0 radical (unpaired) electrons. The van der Waals surface area contributed by atoms with Gasteiger partial charge in [-0.05, 0) is 36.2 Å². The molecule has 1 heterocycles. The van der Waals surface area contributed by atoms with Crippen LogP contribution in [0.3, 0.4) is 0 Å². The van der Waals surface area contributed by atoms with Crippen LogP contribution in [-0.4, -0.2) is 4.98 Å². The summed E-state index contributed by atoms with van der Waals surface area (Å²) in [6.07, 6.45) is 3.44. The zero-order valence-corrected chi connectivity index (χ0v) is 8.37. The van der Waals surface area contributed by atoms with Crippen LogP contribution in [0.2, 0.25) is 0 Å². The Bertz CT molecular complexity index is 495. The molecule has 76 valence electrons. The van der Waals surface area contributed by atoms with Crippen molar-refractivity contribution in [3.8, 4) is 11.1 Å². The Kier molecular flexibility index (Phi) is 2.37. The molecule has 0 bridgehead atoms. The summed E-state index contributed by atoms with van der Waals surface area (Å²) in [5.74, 6) is -0.393. The number of benzene rings is 1. The normalized spacial score (nSPS) is 10.3. The van der Waals surface area contributed by atoms with Crippen LogP contribution in [-0.2, 0) is 0 Å². The third kappa shape index (κ3) is 1.81. The smallest absolute Gasteiger partial charge is 0.146 e. The second-order valence-electron chi connectivity index (χ2n) is 3.43. The van der Waals surface area contributed by atoms with Crippen LogP contribution < -0.4 is 5.73 Å². The number of hydrogen-bond acceptors (Lipinski definition) is 2. The van der Waals surface area contributed by atoms with E-state index in [1.807, 2.05) is 13.0 Å². The van der Waals surface area contributed by atoms with E-state index in [2.05, 4.69) is 4.98 Å². The Hall–Kier alpha value is -1.90. The third-order valence-electron chi connectivity index (χ3n) is 2.35. The first-order valence-corrected chi connectivity index (χ1v) is 4.64. The summed E-state index contributed by atoms with van der Waals surface area (Å²) in [7, 11) is 0. The van der Waals surface area contributed by atoms with Crippen molar-refractivity contribution >= 4 is 5.69 Å². The van der Waals surface area contributed by atoms with Crippen LogP contribution in [0.25, 0.3) is 11.1 Å². The summed E-state index contributed by atoms with van der Waals surface area (Å²) in [6.45, 7) is 1.96. The first-order chi connectivity index (χ1) is 7.18. The molecule has 2 aromatic rings. The van der Waals surface area contributed by atoms with Crippen LogP contribution in [0.1, 0.15) is 5.56 Å². The van der Waals surface area contributed by atoms with Gasteiger partial charge >= 0.3 is 0 Å². The number of hydrogen-bond donors (Lipinski definition) is 1. The first kappa shape index (κ1) is 9.65. The predicted molar refractivity (Wildman–Crippen MR) is 58.8 cm³/mol. The van der Waals surface area contributed by atoms with Crippen molar-refractivity contribution in [3.63, 3.8) is 0 Å². The van der Waals surface area contributed by atoms with Crippen molar-refractivity contribution in [1.29, 1.82) is 0 Å². The Morgan fingerprint density at radius 1 is 1.27 bits per heavy atom. The van der Waals surface area contributed by atoms with Crippen LogP contribution in [0, 0.1) is 12.7 Å². The molecule has 0 saturated carbocycles. The molecule has 2 nitrogen and oxygen atoms in total. The van der Waals surface area contributed by atoms with Gasteiger partial charge in [0.1, 0.15) is 5.82 Å². The molecule has 1 aromatic heterocycles. The molecule has 0 fully saturated rings. The summed E-state index contributed by atoms with van der Waals surface area (Å²) >= 11 is 0. The SMILES string of the molecule is Cc1ccncc1-c1ccc(N)c(F)c1. The van der Waals surface area contributed by atoms with Gasteiger partial charge in [0.15, 0.2) is 0 Å². The minimum atomic E-state index is -0.393. The number of nitrogens with two attached hydrogens (primary N) is 1. The third-order valence-corrected chi connectivity index (χ3v) is 2.35. The lowest BCUT2D eigenvalue weighted by molar-refractivity contribution is 0.633. The van der Waals surface area contributed by atoms with Crippen LogP contribution >= 0.6 is 0 Å². The minimum absolute atomic E-state index is 0.167. The van der Waals surface area contributed by atoms with E-state index >= 15 is 0 Å². The second kappa shape index (κ2) is 3.69. The van der Waals surface area contributed by atoms with Gasteiger partial charge in [0.2, 0.25) is 0 Å². The summed E-state index contributed by atoms with van der Waals surface area (Å²) in [5.41, 5.74) is 8.37. The van der Waals surface area contributed by atoms with Crippen molar-refractivity contribution in [2.24, 2.45) is 0 Å². The van der Waals surface area contributed by atoms with E-state index in [-0.39, 0.29) is 5.69 Å². The average molecular weight is 202 g/mol. The molecular formula is C12H11FN2. The molecular weight excluding hydrogens is 191 g/mol. The standard InChI is InChI=1S/C12H11FN2/c1-8-4-5-15-7-10(8)9-2-3-12(14)11(13)6-9/h2-7H,14H2,1H3. The number of aryl methyl sites for hydroxylation is 1. The van der Waals surface area contributed by atoms with Gasteiger partial charge in [-0.3, -0.25) is 4.98 Å². The highest BCUT2D eigenvalue weighted by Crippen LogP contribution is 2.24. The Morgan fingerprint density at radius 2 is 2.07 bits per heavy atom. The summed E-state index contributed by atoms with van der Waals surface area (Å²) in [5, 5.41) is 0. The minimum Gasteiger partial charge on any atom is -0.396 e. The van der Waals surface area contributed by atoms with E-state index in [4.69, 9.17) is 5.73 Å². The molecule has 1 aromatic carbocycles. The highest BCUT2D eigenvalue weighted by Gasteiger charge is 2.04. The maximum atomic E-state index is 13.3. The molecule has 0 atom stereocenters. The topological polar surface area (TPSA) is 38.9 Å². The van der Waals surface area contributed by atoms with Crippen molar-refractivity contribution in [3.05, 3.63) is 48.0 Å². The maximum absolute atomic E-state index is 13.3. The zero-order valence-electron chi connectivity index (χ0n) is 8.37. The van der Waals surface area contributed by atoms with Gasteiger partial charge in [0, 0.05) is 18.0 Å². The van der Waals surface area contributed by atoms with E-state index in [0.29, 0.717) is 0 Å². The fourth-order valence-electron chi connectivity index (χ4n) is 1.46. The lowest BCUT2D eigenvalue weighted by Gasteiger charge is -2.05. The van der Waals surface area contributed by atoms with Crippen molar-refractivity contribution in [1.82, 2.24) is 4.98 Å². The highest BCUT2D eigenvalue weighted by molar-refractivity contribution is 5.68. The second-order valence-corrected chi connectivity index (χ2v) is 3.43. The number of halogens is 1. The van der Waals surface area contributed by atoms with E-state index in [1.54, 1.807) is 24.5 Å². The van der Waals surface area contributed by atoms with Gasteiger partial charge < -0.3 is 5.73 Å². The summed E-state index contributed by atoms with van der Waals surface area (Å²) < 4.78 is 13.3. The molecule has 0 saturated heterocycles. The highest BCUT2D eigenvalue weighted by atomic mass is 19.1. The number of pyridine rings is 1. The van der Waals surface area contributed by atoms with Gasteiger partial charge in [-0.25, -0.2) is 4.39 Å². The molecule has 2 rings (SSSR count). The number of nitrogen functional groups attached to an aromatic ring is 1. The van der Waals surface area contributed by atoms with Crippen LogP contribution in [0.15, 0.2) is 36.7 Å². The monoisotopic (exact) mass is 202 g/mol. The average Bonchev–Trinajstić information content (AvgIpc) is 2.23. The number of nitrogens with zero attached hydrogens (tertiary/aromatic N) is 1. The van der Waals surface area contributed by atoms with Crippen molar-refractivity contribution < 1.29 is 4.39 Å². The van der Waals surface area contributed by atoms with E-state index in [0.717, 1.165) is 16.7 Å². The Balaban J connectivity index is 2.55. The molecule has 0 aliphatic rings. The predicted octanol–water partition coefficient (Wildman–Crippen LogP) is 2.78. The fraction of sp³-hybridized carbons (Fsp3) is 0.0833. The number of anilines is 1. The summed E-state index contributed by atoms with van der Waals surface area (Å²) in [6, 6.07) is 6.68. The molecule has 0 amide bonds. The molecule has 3 heteroatoms. The summed E-state index contributed by atoms with van der Waals surface area (Å²) in [4.78, 5) is 4.02. The fourth-order valence-corrected chi connectivity index (χ4v) is 1.46. The maximum Gasteiger partial charge on any atom is 0.146 e. The zero-order chi connectivity index (χ0) is 10.8. The van der Waals surface area contributed by atoms with Gasteiger partial charge in [0.25, 0.3) is 0 Å². The Morgan fingerprint density at radius 3 is 2.73 bits per heavy atom. The van der Waals surface area contributed by atoms with E-state index in [9.17, 15) is 4.39 Å². The number of aromatic nitrogens is 1. The van der Waals surface area contributed by atoms with Gasteiger partial charge in [-0.2, -0.15) is 0 Å². The Labute approximate surface area is 87.6 Å². The molecule has 15 heavy (non-hydrogen) atoms. The molecule has 0 unspecified atom stereocenters. The lowest BCUT2D eigenvalue weighted by Crippen LogP contribution is -1.91. The molecule has 0 aliphatic carbocycles. The largest absolute Gasteiger partial charge is 0.396 e. The first-order valence-electron chi connectivity index (χ1n) is 4.64. The lowest BCUT2D eigenvalue weighted by atomic mass is 10.0. The van der Waals surface area contributed by atoms with Crippen LogP contribution in [0.4, 0.5) is 10.1 Å². The van der Waals surface area contributed by atoms with Gasteiger partial charge in [0.05, 0.1) is 5.69 Å².